The van der Waals surface area contributed by atoms with E-state index in [1.165, 1.54) is 0 Å². The van der Waals surface area contributed by atoms with Crippen molar-refractivity contribution < 1.29 is 0 Å². The van der Waals surface area contributed by atoms with Crippen molar-refractivity contribution in [3.8, 4) is 6.07 Å². The number of rotatable bonds is 1. The van der Waals surface area contributed by atoms with Gasteiger partial charge in [0.1, 0.15) is 6.07 Å². The molecule has 0 bridgehead atoms. The molecule has 84 valence electrons. The standard InChI is InChI=1S/C12H14BrN3/c13-11-3-2-10(9-14)12(8-11)16-6-1-4-15-5-7-16/h2-3,8,15H,1,4-7H2. The van der Waals surface area contributed by atoms with Crippen molar-refractivity contribution >= 4 is 21.6 Å². The Morgan fingerprint density at radius 1 is 1.31 bits per heavy atom. The van der Waals surface area contributed by atoms with Crippen molar-refractivity contribution in [1.29, 1.82) is 5.26 Å². The van der Waals surface area contributed by atoms with Crippen LogP contribution < -0.4 is 10.2 Å². The van der Waals surface area contributed by atoms with Crippen molar-refractivity contribution in [1.82, 2.24) is 5.32 Å². The van der Waals surface area contributed by atoms with Gasteiger partial charge in [-0.25, -0.2) is 0 Å². The van der Waals surface area contributed by atoms with Gasteiger partial charge in [0.2, 0.25) is 0 Å². The van der Waals surface area contributed by atoms with E-state index >= 15 is 0 Å². The molecule has 1 saturated heterocycles. The van der Waals surface area contributed by atoms with E-state index in [1.54, 1.807) is 0 Å². The molecule has 1 aromatic rings. The molecule has 0 atom stereocenters. The molecule has 2 rings (SSSR count). The fourth-order valence-corrected chi connectivity index (χ4v) is 2.30. The van der Waals surface area contributed by atoms with Crippen LogP contribution in [0.3, 0.4) is 0 Å². The van der Waals surface area contributed by atoms with Gasteiger partial charge in [-0.15, -0.1) is 0 Å². The summed E-state index contributed by atoms with van der Waals surface area (Å²) >= 11 is 3.46. The minimum atomic E-state index is 0.755. The number of nitrogens with one attached hydrogen (secondary N) is 1. The number of anilines is 1. The van der Waals surface area contributed by atoms with Gasteiger partial charge in [0.15, 0.2) is 0 Å². The van der Waals surface area contributed by atoms with Crippen LogP contribution in [0.4, 0.5) is 5.69 Å². The number of nitrogens with zero attached hydrogens (tertiary/aromatic N) is 2. The van der Waals surface area contributed by atoms with Crippen molar-refractivity contribution in [3.05, 3.63) is 28.2 Å². The first-order valence-corrected chi connectivity index (χ1v) is 6.26. The van der Waals surface area contributed by atoms with Crippen LogP contribution in [0.1, 0.15) is 12.0 Å². The Bertz CT molecular complexity index is 403. The van der Waals surface area contributed by atoms with E-state index in [0.29, 0.717) is 0 Å². The van der Waals surface area contributed by atoms with E-state index in [2.05, 4.69) is 32.2 Å². The number of nitriles is 1. The molecule has 1 aromatic carbocycles. The SMILES string of the molecule is N#Cc1ccc(Br)cc1N1CCCNCC1. The predicted molar refractivity (Wildman–Crippen MR) is 68.6 cm³/mol. The maximum absolute atomic E-state index is 9.10. The molecule has 16 heavy (non-hydrogen) atoms. The lowest BCUT2D eigenvalue weighted by molar-refractivity contribution is 0.724. The Hall–Kier alpha value is -1.05. The summed E-state index contributed by atoms with van der Waals surface area (Å²) in [6.45, 7) is 4.02. The first-order valence-electron chi connectivity index (χ1n) is 5.46. The third kappa shape index (κ3) is 2.55. The summed E-state index contributed by atoms with van der Waals surface area (Å²) in [4.78, 5) is 2.28. The lowest BCUT2D eigenvalue weighted by Crippen LogP contribution is -2.28. The summed E-state index contributed by atoms with van der Waals surface area (Å²) in [5.41, 5.74) is 1.80. The molecule has 0 aromatic heterocycles. The summed E-state index contributed by atoms with van der Waals surface area (Å²) in [5.74, 6) is 0. The van der Waals surface area contributed by atoms with Crippen molar-refractivity contribution in [2.45, 2.75) is 6.42 Å². The van der Waals surface area contributed by atoms with Gasteiger partial charge in [-0.2, -0.15) is 5.26 Å². The Morgan fingerprint density at radius 2 is 2.19 bits per heavy atom. The first kappa shape index (κ1) is 11.4. The second-order valence-corrected chi connectivity index (χ2v) is 4.78. The van der Waals surface area contributed by atoms with E-state index in [-0.39, 0.29) is 0 Å². The smallest absolute Gasteiger partial charge is 0.101 e. The molecule has 3 nitrogen and oxygen atoms in total. The average Bonchev–Trinajstić information content (AvgIpc) is 2.57. The lowest BCUT2D eigenvalue weighted by atomic mass is 10.1. The monoisotopic (exact) mass is 279 g/mol. The second-order valence-electron chi connectivity index (χ2n) is 3.86. The number of hydrogen-bond acceptors (Lipinski definition) is 3. The number of halogens is 1. The highest BCUT2D eigenvalue weighted by atomic mass is 79.9. The quantitative estimate of drug-likeness (QED) is 0.856. The summed E-state index contributed by atoms with van der Waals surface area (Å²) in [6.07, 6.45) is 1.12. The van der Waals surface area contributed by atoms with Gasteiger partial charge in [0.05, 0.1) is 11.3 Å². The highest BCUT2D eigenvalue weighted by molar-refractivity contribution is 9.10. The fourth-order valence-electron chi connectivity index (χ4n) is 1.95. The topological polar surface area (TPSA) is 39.1 Å². The van der Waals surface area contributed by atoms with E-state index in [4.69, 9.17) is 5.26 Å². The molecule has 0 amide bonds. The lowest BCUT2D eigenvalue weighted by Gasteiger charge is -2.23. The summed E-state index contributed by atoms with van der Waals surface area (Å²) in [7, 11) is 0. The zero-order chi connectivity index (χ0) is 11.4. The Balaban J connectivity index is 2.30. The molecule has 1 N–H and O–H groups in total. The molecule has 0 spiro atoms. The van der Waals surface area contributed by atoms with Crippen LogP contribution in [0.25, 0.3) is 0 Å². The van der Waals surface area contributed by atoms with Gasteiger partial charge in [-0.3, -0.25) is 0 Å². The maximum atomic E-state index is 9.10. The molecule has 0 unspecified atom stereocenters. The minimum Gasteiger partial charge on any atom is -0.369 e. The summed E-state index contributed by atoms with van der Waals surface area (Å²) in [5, 5.41) is 12.5. The third-order valence-electron chi connectivity index (χ3n) is 2.76. The van der Waals surface area contributed by atoms with Crippen LogP contribution in [0.2, 0.25) is 0 Å². The van der Waals surface area contributed by atoms with E-state index in [9.17, 15) is 0 Å². The zero-order valence-corrected chi connectivity index (χ0v) is 10.6. The zero-order valence-electron chi connectivity index (χ0n) is 9.04. The first-order chi connectivity index (χ1) is 7.81. The molecule has 0 saturated carbocycles. The third-order valence-corrected chi connectivity index (χ3v) is 3.25. The second kappa shape index (κ2) is 5.33. The number of benzene rings is 1. The van der Waals surface area contributed by atoms with Crippen LogP contribution in [0, 0.1) is 11.3 Å². The van der Waals surface area contributed by atoms with E-state index < -0.39 is 0 Å². The van der Waals surface area contributed by atoms with Crippen LogP contribution in [-0.2, 0) is 0 Å². The summed E-state index contributed by atoms with van der Waals surface area (Å²) in [6, 6.07) is 8.08. The molecule has 0 radical (unpaired) electrons. The van der Waals surface area contributed by atoms with Crippen LogP contribution >= 0.6 is 15.9 Å². The molecule has 1 aliphatic rings. The maximum Gasteiger partial charge on any atom is 0.101 e. The number of hydrogen-bond donors (Lipinski definition) is 1. The van der Waals surface area contributed by atoms with E-state index in [1.807, 2.05) is 18.2 Å². The van der Waals surface area contributed by atoms with Crippen molar-refractivity contribution in [2.75, 3.05) is 31.1 Å². The van der Waals surface area contributed by atoms with Gasteiger partial charge in [0.25, 0.3) is 0 Å². The molecule has 1 aliphatic heterocycles. The fraction of sp³-hybridized carbons (Fsp3) is 0.417. The summed E-state index contributed by atoms with van der Waals surface area (Å²) < 4.78 is 1.03. The average molecular weight is 280 g/mol. The molecule has 1 fully saturated rings. The normalized spacial score (nSPS) is 16.6. The van der Waals surface area contributed by atoms with Crippen LogP contribution in [0.5, 0.6) is 0 Å². The van der Waals surface area contributed by atoms with Gasteiger partial charge < -0.3 is 10.2 Å². The molecular weight excluding hydrogens is 266 g/mol. The van der Waals surface area contributed by atoms with Crippen LogP contribution in [-0.4, -0.2) is 26.2 Å². The predicted octanol–water partition coefficient (Wildman–Crippen LogP) is 2.12. The van der Waals surface area contributed by atoms with Gasteiger partial charge in [-0.1, -0.05) is 15.9 Å². The molecule has 4 heteroatoms. The minimum absolute atomic E-state index is 0.755. The van der Waals surface area contributed by atoms with Gasteiger partial charge >= 0.3 is 0 Å². The van der Waals surface area contributed by atoms with Crippen molar-refractivity contribution in [3.63, 3.8) is 0 Å². The molecule has 0 aliphatic carbocycles. The highest BCUT2D eigenvalue weighted by Gasteiger charge is 2.13. The molecular formula is C12H14BrN3. The van der Waals surface area contributed by atoms with Crippen molar-refractivity contribution in [2.24, 2.45) is 0 Å². The molecule has 1 heterocycles. The Labute approximate surface area is 104 Å². The Morgan fingerprint density at radius 3 is 3.00 bits per heavy atom. The van der Waals surface area contributed by atoms with E-state index in [0.717, 1.165) is 48.3 Å². The highest BCUT2D eigenvalue weighted by Crippen LogP contribution is 2.25. The Kier molecular flexibility index (Phi) is 3.81. The van der Waals surface area contributed by atoms with Gasteiger partial charge in [0, 0.05) is 24.1 Å². The van der Waals surface area contributed by atoms with Gasteiger partial charge in [-0.05, 0) is 31.2 Å². The van der Waals surface area contributed by atoms with Crippen LogP contribution in [0.15, 0.2) is 22.7 Å². The largest absolute Gasteiger partial charge is 0.369 e.